The second-order valence-electron chi connectivity index (χ2n) is 5.14. The molecular formula is C16H14N4OS. The minimum absolute atomic E-state index is 0.0730. The summed E-state index contributed by atoms with van der Waals surface area (Å²) in [4.78, 5) is 16.1. The Morgan fingerprint density at radius 2 is 1.82 bits per heavy atom. The van der Waals surface area contributed by atoms with Crippen molar-refractivity contribution in [1.82, 2.24) is 10.9 Å². The first-order valence-corrected chi connectivity index (χ1v) is 7.81. The van der Waals surface area contributed by atoms with Crippen molar-refractivity contribution < 1.29 is 4.79 Å². The van der Waals surface area contributed by atoms with E-state index in [1.165, 1.54) is 11.8 Å². The third kappa shape index (κ3) is 2.08. The number of anilines is 1. The molecule has 2 aliphatic rings. The Morgan fingerprint density at radius 3 is 2.68 bits per heavy atom. The van der Waals surface area contributed by atoms with Crippen LogP contribution in [0.3, 0.4) is 0 Å². The zero-order chi connectivity index (χ0) is 15.0. The number of amidine groups is 1. The van der Waals surface area contributed by atoms with Crippen LogP contribution in [0.4, 0.5) is 5.69 Å². The highest BCUT2D eigenvalue weighted by atomic mass is 32.2. The molecule has 1 atom stereocenters. The minimum atomic E-state index is -0.827. The van der Waals surface area contributed by atoms with Crippen LogP contribution in [0.25, 0.3) is 0 Å². The van der Waals surface area contributed by atoms with Crippen LogP contribution in [0.15, 0.2) is 59.6 Å². The van der Waals surface area contributed by atoms with E-state index in [1.807, 2.05) is 54.6 Å². The molecule has 5 nitrogen and oxygen atoms in total. The lowest BCUT2D eigenvalue weighted by molar-refractivity contribution is -0.118. The van der Waals surface area contributed by atoms with E-state index in [2.05, 4.69) is 21.2 Å². The summed E-state index contributed by atoms with van der Waals surface area (Å²) in [5.41, 5.74) is 9.04. The molecule has 22 heavy (non-hydrogen) atoms. The van der Waals surface area contributed by atoms with Crippen molar-refractivity contribution in [3.8, 4) is 0 Å². The van der Waals surface area contributed by atoms with Gasteiger partial charge in [0.25, 0.3) is 5.91 Å². The fourth-order valence-electron chi connectivity index (χ4n) is 2.61. The van der Waals surface area contributed by atoms with Crippen LogP contribution in [0.5, 0.6) is 0 Å². The number of fused-ring (bicyclic) bond motifs is 2. The molecule has 1 fully saturated rings. The Balaban J connectivity index is 1.59. The molecule has 0 bridgehead atoms. The molecule has 110 valence electrons. The molecule has 0 aromatic heterocycles. The summed E-state index contributed by atoms with van der Waals surface area (Å²) in [5.74, 6) is -0.0730. The number of amides is 1. The molecule has 2 heterocycles. The van der Waals surface area contributed by atoms with Gasteiger partial charge in [0.1, 0.15) is 0 Å². The molecule has 1 spiro atoms. The predicted molar refractivity (Wildman–Crippen MR) is 88.2 cm³/mol. The van der Waals surface area contributed by atoms with Gasteiger partial charge in [-0.3, -0.25) is 15.2 Å². The molecule has 1 amide bonds. The van der Waals surface area contributed by atoms with Gasteiger partial charge in [-0.15, -0.1) is 0 Å². The number of carbonyl (C=O) groups is 1. The van der Waals surface area contributed by atoms with Gasteiger partial charge in [0.05, 0.1) is 6.54 Å². The topological polar surface area (TPSA) is 65.5 Å². The predicted octanol–water partition coefficient (Wildman–Crippen LogP) is 2.19. The van der Waals surface area contributed by atoms with Gasteiger partial charge < -0.3 is 5.32 Å². The molecular weight excluding hydrogens is 296 g/mol. The van der Waals surface area contributed by atoms with Gasteiger partial charge in [0, 0.05) is 11.3 Å². The minimum Gasteiger partial charge on any atom is -0.323 e. The van der Waals surface area contributed by atoms with Gasteiger partial charge in [-0.25, -0.2) is 5.43 Å². The average Bonchev–Trinajstić information content (AvgIpc) is 3.11. The number of hydrazine groups is 1. The Morgan fingerprint density at radius 1 is 1.05 bits per heavy atom. The van der Waals surface area contributed by atoms with E-state index in [-0.39, 0.29) is 5.91 Å². The molecule has 0 aliphatic carbocycles. The van der Waals surface area contributed by atoms with Crippen molar-refractivity contribution in [2.45, 2.75) is 11.4 Å². The van der Waals surface area contributed by atoms with E-state index in [0.717, 1.165) is 22.0 Å². The molecule has 2 aliphatic heterocycles. The smallest absolute Gasteiger partial charge is 0.262 e. The van der Waals surface area contributed by atoms with Crippen LogP contribution in [-0.4, -0.2) is 11.1 Å². The van der Waals surface area contributed by atoms with Gasteiger partial charge in [-0.05, 0) is 23.4 Å². The van der Waals surface area contributed by atoms with Gasteiger partial charge in [-0.2, -0.15) is 0 Å². The molecule has 3 N–H and O–H groups in total. The van der Waals surface area contributed by atoms with Crippen LogP contribution in [-0.2, 0) is 16.2 Å². The first-order valence-electron chi connectivity index (χ1n) is 6.99. The van der Waals surface area contributed by atoms with Gasteiger partial charge in [-0.1, -0.05) is 48.5 Å². The van der Waals surface area contributed by atoms with Gasteiger partial charge in [0.2, 0.25) is 0 Å². The van der Waals surface area contributed by atoms with Crippen molar-refractivity contribution in [2.75, 3.05) is 5.32 Å². The highest BCUT2D eigenvalue weighted by Crippen LogP contribution is 2.45. The van der Waals surface area contributed by atoms with Crippen LogP contribution in [0.2, 0.25) is 0 Å². The molecule has 0 radical (unpaired) electrons. The maximum atomic E-state index is 12.4. The summed E-state index contributed by atoms with van der Waals surface area (Å²) < 4.78 is 0. The Bertz CT molecular complexity index is 762. The standard InChI is InChI=1S/C16H14N4OS/c21-14-16(12-8-4-5-9-13(12)18-14)20-19-15(22-16)17-10-11-6-2-1-3-7-11/h1-9,20H,10H2,(H,17,19)(H,18,21). The lowest BCUT2D eigenvalue weighted by Crippen LogP contribution is -2.45. The summed E-state index contributed by atoms with van der Waals surface area (Å²) >= 11 is 1.41. The third-order valence-corrected chi connectivity index (χ3v) is 4.96. The summed E-state index contributed by atoms with van der Waals surface area (Å²) in [7, 11) is 0. The van der Waals surface area contributed by atoms with E-state index < -0.39 is 4.87 Å². The van der Waals surface area contributed by atoms with Crippen LogP contribution in [0.1, 0.15) is 11.1 Å². The number of para-hydroxylation sites is 1. The Labute approximate surface area is 132 Å². The lowest BCUT2D eigenvalue weighted by atomic mass is 10.1. The molecule has 2 aromatic carbocycles. The number of hydrogen-bond donors (Lipinski definition) is 3. The number of rotatable bonds is 2. The molecule has 4 rings (SSSR count). The number of hydrogen-bond acceptors (Lipinski definition) is 4. The Hall–Kier alpha value is -2.31. The molecule has 0 saturated carbocycles. The maximum absolute atomic E-state index is 12.4. The van der Waals surface area contributed by atoms with Crippen LogP contribution < -0.4 is 16.2 Å². The third-order valence-electron chi connectivity index (χ3n) is 3.72. The Kier molecular flexibility index (Phi) is 3.13. The zero-order valence-corrected chi connectivity index (χ0v) is 12.5. The number of thioether (sulfide) groups is 1. The lowest BCUT2D eigenvalue weighted by Gasteiger charge is -2.17. The monoisotopic (exact) mass is 310 g/mol. The van der Waals surface area contributed by atoms with Crippen molar-refractivity contribution in [3.05, 3.63) is 65.7 Å². The first kappa shape index (κ1) is 13.4. The van der Waals surface area contributed by atoms with E-state index in [9.17, 15) is 4.79 Å². The quantitative estimate of drug-likeness (QED) is 0.795. The highest BCUT2D eigenvalue weighted by Gasteiger charge is 2.52. The number of nitrogens with zero attached hydrogens (tertiary/aromatic N) is 1. The van der Waals surface area contributed by atoms with Crippen molar-refractivity contribution in [1.29, 1.82) is 0 Å². The van der Waals surface area contributed by atoms with Gasteiger partial charge in [0.15, 0.2) is 10.0 Å². The molecule has 1 saturated heterocycles. The molecule has 2 aromatic rings. The normalized spacial score (nSPS) is 24.4. The largest absolute Gasteiger partial charge is 0.323 e. The summed E-state index contributed by atoms with van der Waals surface area (Å²) in [6, 6.07) is 17.7. The average molecular weight is 310 g/mol. The van der Waals surface area contributed by atoms with Crippen molar-refractivity contribution >= 4 is 28.5 Å². The van der Waals surface area contributed by atoms with Crippen LogP contribution >= 0.6 is 11.8 Å². The van der Waals surface area contributed by atoms with Gasteiger partial charge >= 0.3 is 0 Å². The molecule has 1 unspecified atom stereocenters. The fraction of sp³-hybridized carbons (Fsp3) is 0.125. The maximum Gasteiger partial charge on any atom is 0.262 e. The highest BCUT2D eigenvalue weighted by molar-refractivity contribution is 8.15. The summed E-state index contributed by atoms with van der Waals surface area (Å²) in [5, 5.41) is 3.63. The second-order valence-corrected chi connectivity index (χ2v) is 6.34. The zero-order valence-electron chi connectivity index (χ0n) is 11.7. The number of benzene rings is 2. The fourth-order valence-corrected chi connectivity index (χ4v) is 3.67. The number of carbonyl (C=O) groups excluding carboxylic acids is 1. The van der Waals surface area contributed by atoms with Crippen molar-refractivity contribution in [3.63, 3.8) is 0 Å². The molecule has 6 heteroatoms. The van der Waals surface area contributed by atoms with E-state index >= 15 is 0 Å². The van der Waals surface area contributed by atoms with Crippen LogP contribution in [0, 0.1) is 0 Å². The number of nitrogens with one attached hydrogen (secondary N) is 3. The number of aliphatic imine (C=N–C) groups is 1. The first-order chi connectivity index (χ1) is 10.8. The second kappa shape index (κ2) is 5.15. The van der Waals surface area contributed by atoms with E-state index in [0.29, 0.717) is 6.54 Å². The SMILES string of the molecule is O=C1Nc2ccccc2C12NNC(=NCc1ccccc1)S2. The summed E-state index contributed by atoms with van der Waals surface area (Å²) in [6.07, 6.45) is 0. The summed E-state index contributed by atoms with van der Waals surface area (Å²) in [6.45, 7) is 0.581. The van der Waals surface area contributed by atoms with E-state index in [1.54, 1.807) is 0 Å². The van der Waals surface area contributed by atoms with Crippen molar-refractivity contribution in [2.24, 2.45) is 4.99 Å². The van der Waals surface area contributed by atoms with E-state index in [4.69, 9.17) is 0 Å².